The Balaban J connectivity index is 1.38. The molecule has 1 atom stereocenters. The fourth-order valence-corrected chi connectivity index (χ4v) is 7.39. The highest BCUT2D eigenvalue weighted by Crippen LogP contribution is 2.36. The Kier molecular flexibility index (Phi) is 9.42. The maximum Gasteiger partial charge on any atom is 0.338 e. The number of fused-ring (bicyclic) bond motifs is 2. The average Bonchev–Trinajstić information content (AvgIpc) is 3.34. The molecule has 4 aromatic carbocycles. The maximum atomic E-state index is 14.1. The number of aromatic nitrogens is 1. The average molecular weight is 745 g/mol. The summed E-state index contributed by atoms with van der Waals surface area (Å²) in [6.45, 7) is 8.56. The molecule has 0 aliphatic carbocycles. The van der Waals surface area contributed by atoms with Gasteiger partial charge in [-0.3, -0.25) is 9.36 Å². The zero-order chi connectivity index (χ0) is 32.4. The molecule has 0 radical (unpaired) electrons. The first-order chi connectivity index (χ1) is 22.3. The van der Waals surface area contributed by atoms with Crippen LogP contribution in [0.3, 0.4) is 0 Å². The zero-order valence-corrected chi connectivity index (χ0v) is 29.0. The summed E-state index contributed by atoms with van der Waals surface area (Å²) in [6, 6.07) is 25.6. The van der Waals surface area contributed by atoms with E-state index < -0.39 is 12.0 Å². The van der Waals surface area contributed by atoms with Gasteiger partial charge in [0, 0.05) is 0 Å². The first kappa shape index (κ1) is 31.7. The number of thiazole rings is 1. The number of carbonyl (C=O) groups is 1. The summed E-state index contributed by atoms with van der Waals surface area (Å²) in [7, 11) is 0. The number of allylic oxidation sites excluding steroid dienone is 1. The minimum Gasteiger partial charge on any atom is -0.490 e. The van der Waals surface area contributed by atoms with Gasteiger partial charge in [0.1, 0.15) is 6.61 Å². The summed E-state index contributed by atoms with van der Waals surface area (Å²) in [6.07, 6.45) is 1.84. The van der Waals surface area contributed by atoms with Crippen molar-refractivity contribution in [2.75, 3.05) is 13.2 Å². The Morgan fingerprint density at radius 2 is 1.72 bits per heavy atom. The summed E-state index contributed by atoms with van der Waals surface area (Å²) in [5.74, 6) is 0.786. The Labute approximate surface area is 284 Å². The summed E-state index contributed by atoms with van der Waals surface area (Å²) >= 11 is 3.54. The molecule has 0 N–H and O–H groups in total. The second kappa shape index (κ2) is 13.6. The molecule has 0 bridgehead atoms. The number of hydrogen-bond donors (Lipinski definition) is 0. The lowest BCUT2D eigenvalue weighted by Gasteiger charge is -2.24. The van der Waals surface area contributed by atoms with Crippen molar-refractivity contribution in [2.24, 2.45) is 4.99 Å². The largest absolute Gasteiger partial charge is 0.490 e. The van der Waals surface area contributed by atoms with E-state index >= 15 is 0 Å². The molecule has 1 aliphatic rings. The van der Waals surface area contributed by atoms with Gasteiger partial charge in [0.05, 0.1) is 38.6 Å². The molecule has 234 valence electrons. The van der Waals surface area contributed by atoms with Gasteiger partial charge in [-0.15, -0.1) is 0 Å². The summed E-state index contributed by atoms with van der Waals surface area (Å²) in [5.41, 5.74) is 4.43. The molecule has 7 nitrogen and oxygen atoms in total. The van der Waals surface area contributed by atoms with Crippen LogP contribution in [0.5, 0.6) is 11.5 Å². The van der Waals surface area contributed by atoms with Crippen molar-refractivity contribution in [2.45, 2.75) is 40.3 Å². The van der Waals surface area contributed by atoms with E-state index in [1.165, 1.54) is 16.7 Å². The number of esters is 1. The minimum absolute atomic E-state index is 0.226. The monoisotopic (exact) mass is 744 g/mol. The quantitative estimate of drug-likeness (QED) is 0.122. The highest BCUT2D eigenvalue weighted by molar-refractivity contribution is 14.1. The number of aryl methyl sites for hydroxylation is 1. The van der Waals surface area contributed by atoms with E-state index in [0.717, 1.165) is 31.2 Å². The number of carbonyl (C=O) groups excluding carboxylic acids is 1. The topological polar surface area (TPSA) is 79.1 Å². The van der Waals surface area contributed by atoms with Gasteiger partial charge >= 0.3 is 5.97 Å². The molecule has 0 saturated heterocycles. The van der Waals surface area contributed by atoms with Crippen LogP contribution >= 0.6 is 33.9 Å². The van der Waals surface area contributed by atoms with E-state index in [0.29, 0.717) is 45.3 Å². The molecule has 0 unspecified atom stereocenters. The van der Waals surface area contributed by atoms with Crippen LogP contribution in [0, 0.1) is 10.5 Å². The number of halogens is 1. The molecule has 2 heterocycles. The molecule has 1 aromatic heterocycles. The molecule has 0 amide bonds. The van der Waals surface area contributed by atoms with E-state index in [9.17, 15) is 9.59 Å². The normalized spacial score (nSPS) is 14.6. The Morgan fingerprint density at radius 1 is 0.957 bits per heavy atom. The van der Waals surface area contributed by atoms with Crippen molar-refractivity contribution < 1.29 is 19.0 Å². The number of hydrogen-bond acceptors (Lipinski definition) is 7. The van der Waals surface area contributed by atoms with Gasteiger partial charge in [0.25, 0.3) is 5.56 Å². The highest BCUT2D eigenvalue weighted by Gasteiger charge is 2.33. The van der Waals surface area contributed by atoms with E-state index in [-0.39, 0.29) is 12.2 Å². The lowest BCUT2D eigenvalue weighted by atomic mass is 9.95. The second-order valence-electron chi connectivity index (χ2n) is 10.9. The molecular formula is C37H33IN2O5S. The molecule has 46 heavy (non-hydrogen) atoms. The van der Waals surface area contributed by atoms with Crippen LogP contribution in [0.25, 0.3) is 16.8 Å². The number of rotatable bonds is 9. The van der Waals surface area contributed by atoms with Gasteiger partial charge < -0.3 is 14.2 Å². The number of nitrogens with zero attached hydrogens (tertiary/aromatic N) is 2. The van der Waals surface area contributed by atoms with Crippen molar-refractivity contribution in [1.82, 2.24) is 4.57 Å². The summed E-state index contributed by atoms with van der Waals surface area (Å²) < 4.78 is 20.7. The number of ether oxygens (including phenoxy) is 3. The van der Waals surface area contributed by atoms with Crippen LogP contribution in [-0.2, 0) is 16.1 Å². The third-order valence-electron chi connectivity index (χ3n) is 7.74. The first-order valence-corrected chi connectivity index (χ1v) is 17.0. The van der Waals surface area contributed by atoms with Crippen molar-refractivity contribution in [1.29, 1.82) is 0 Å². The zero-order valence-electron chi connectivity index (χ0n) is 26.0. The van der Waals surface area contributed by atoms with E-state index in [1.54, 1.807) is 18.4 Å². The third-order valence-corrected chi connectivity index (χ3v) is 9.52. The van der Waals surface area contributed by atoms with Crippen LogP contribution in [0.15, 0.2) is 99.9 Å². The SMILES string of the molecule is CCOC(=O)C1=C(C)N=c2s/c(=C/c3cc(I)c(OCc4ccc5ccccc5c4)c(OCC)c3)c(=O)n2[C@@H]1c1ccc(C)cc1. The third kappa shape index (κ3) is 6.39. The molecule has 1 aliphatic heterocycles. The van der Waals surface area contributed by atoms with Gasteiger partial charge in [-0.25, -0.2) is 9.79 Å². The Bertz CT molecular complexity index is 2170. The number of benzene rings is 4. The summed E-state index contributed by atoms with van der Waals surface area (Å²) in [5, 5.41) is 2.34. The first-order valence-electron chi connectivity index (χ1n) is 15.1. The van der Waals surface area contributed by atoms with Gasteiger partial charge in [0.15, 0.2) is 16.3 Å². The van der Waals surface area contributed by atoms with Crippen LogP contribution in [0.4, 0.5) is 0 Å². The molecule has 9 heteroatoms. The van der Waals surface area contributed by atoms with E-state index in [1.807, 2.05) is 68.5 Å². The fourth-order valence-electron chi connectivity index (χ4n) is 5.57. The Morgan fingerprint density at radius 3 is 2.46 bits per heavy atom. The van der Waals surface area contributed by atoms with E-state index in [2.05, 4.69) is 52.9 Å². The lowest BCUT2D eigenvalue weighted by molar-refractivity contribution is -0.139. The van der Waals surface area contributed by atoms with Crippen LogP contribution < -0.4 is 24.4 Å². The van der Waals surface area contributed by atoms with Crippen LogP contribution in [0.1, 0.15) is 49.1 Å². The van der Waals surface area contributed by atoms with Crippen molar-refractivity contribution in [3.63, 3.8) is 0 Å². The van der Waals surface area contributed by atoms with Crippen molar-refractivity contribution in [3.8, 4) is 11.5 Å². The molecule has 5 aromatic rings. The minimum atomic E-state index is -0.650. The molecule has 6 rings (SSSR count). The van der Waals surface area contributed by atoms with E-state index in [4.69, 9.17) is 19.2 Å². The van der Waals surface area contributed by atoms with Gasteiger partial charge in [-0.05, 0) is 102 Å². The standard InChI is InChI=1S/C37H33IN2O5S/c1-5-43-30-19-25(18-29(38)34(30)45-21-24-13-16-26-9-7-8-10-28(26)17-24)20-31-35(41)40-33(27-14-11-22(3)12-15-27)32(36(42)44-6-2)23(4)39-37(40)46-31/h7-20,33H,5-6,21H2,1-4H3/b31-20+/t33-/m1/s1. The molecule has 0 saturated carbocycles. The molecule has 0 spiro atoms. The van der Waals surface area contributed by atoms with Gasteiger partial charge in [-0.1, -0.05) is 77.6 Å². The van der Waals surface area contributed by atoms with Crippen molar-refractivity contribution >= 4 is 56.7 Å². The van der Waals surface area contributed by atoms with Crippen LogP contribution in [-0.4, -0.2) is 23.8 Å². The molecule has 0 fully saturated rings. The molecular weight excluding hydrogens is 711 g/mol. The Hall–Kier alpha value is -4.22. The lowest BCUT2D eigenvalue weighted by Crippen LogP contribution is -2.39. The fraction of sp³-hybridized carbons (Fsp3) is 0.216. The van der Waals surface area contributed by atoms with Crippen molar-refractivity contribution in [3.05, 3.63) is 136 Å². The summed E-state index contributed by atoms with van der Waals surface area (Å²) in [4.78, 5) is 32.4. The predicted octanol–water partition coefficient (Wildman–Crippen LogP) is 6.84. The van der Waals surface area contributed by atoms with Gasteiger partial charge in [-0.2, -0.15) is 0 Å². The smallest absolute Gasteiger partial charge is 0.338 e. The second-order valence-corrected chi connectivity index (χ2v) is 13.1. The maximum absolute atomic E-state index is 14.1. The van der Waals surface area contributed by atoms with Crippen LogP contribution in [0.2, 0.25) is 0 Å². The highest BCUT2D eigenvalue weighted by atomic mass is 127. The predicted molar refractivity (Wildman–Crippen MR) is 190 cm³/mol. The van der Waals surface area contributed by atoms with Gasteiger partial charge in [0.2, 0.25) is 0 Å².